The lowest BCUT2D eigenvalue weighted by atomic mass is 9.53. The average Bonchev–Trinajstić information content (AvgIpc) is 3.60. The standard InChI is InChI=1S/C35H51BrO6Si/c1-21-28(18-24-15-26(42-43(7,8)33(2,3)4)13-14-35(24)20-40-32(37)30(21)35)41-34(5)23-16-27(31(34)36)29(17-23)39-19-22-9-11-25(38-6)12-10-22/h9-12,23-24,26-31H,1,13-20H2,2-8H3/t23-,24-,26+,27+,28-,29+,30-,31+,34+,35-/m0/s1. The molecule has 8 heteroatoms. The van der Waals surface area contributed by atoms with Gasteiger partial charge in [-0.3, -0.25) is 4.79 Å². The monoisotopic (exact) mass is 674 g/mol. The minimum atomic E-state index is -1.90. The van der Waals surface area contributed by atoms with Gasteiger partial charge in [-0.1, -0.05) is 55.4 Å². The first kappa shape index (κ1) is 31.8. The van der Waals surface area contributed by atoms with E-state index in [9.17, 15) is 4.79 Å². The van der Waals surface area contributed by atoms with Gasteiger partial charge in [0.1, 0.15) is 5.75 Å². The molecule has 5 fully saturated rings. The van der Waals surface area contributed by atoms with Gasteiger partial charge in [-0.15, -0.1) is 0 Å². The summed E-state index contributed by atoms with van der Waals surface area (Å²) in [5, 5.41) is 0.168. The highest BCUT2D eigenvalue weighted by Crippen LogP contribution is 2.62. The van der Waals surface area contributed by atoms with Crippen LogP contribution in [-0.2, 0) is 30.0 Å². The van der Waals surface area contributed by atoms with Crippen molar-refractivity contribution < 1.29 is 28.2 Å². The van der Waals surface area contributed by atoms with Crippen molar-refractivity contribution in [2.75, 3.05) is 13.7 Å². The summed E-state index contributed by atoms with van der Waals surface area (Å²) >= 11 is 4.09. The summed E-state index contributed by atoms with van der Waals surface area (Å²) in [6, 6.07) is 8.11. The SMILES string of the molecule is C=C1[C@H]2C(=O)OC[C@]23CC[C@@H](O[Si](C)(C)C(C)(C)C)C[C@H]3C[C@@H]1O[C@]1(C)[C@H]2C[C@@H]([C@H]1Br)[C@H](OCc1ccc(OC)cc1)C2. The molecule has 238 valence electrons. The number of alkyl halides is 1. The maximum Gasteiger partial charge on any atom is 0.313 e. The van der Waals surface area contributed by atoms with E-state index in [0.29, 0.717) is 31.0 Å². The van der Waals surface area contributed by atoms with Crippen molar-refractivity contribution in [2.24, 2.45) is 29.1 Å². The lowest BCUT2D eigenvalue weighted by molar-refractivity contribution is -0.151. The lowest BCUT2D eigenvalue weighted by Gasteiger charge is -2.54. The Morgan fingerprint density at radius 2 is 1.81 bits per heavy atom. The van der Waals surface area contributed by atoms with Crippen molar-refractivity contribution in [1.29, 1.82) is 0 Å². The van der Waals surface area contributed by atoms with Crippen LogP contribution in [0.25, 0.3) is 0 Å². The summed E-state index contributed by atoms with van der Waals surface area (Å²) in [4.78, 5) is 13.4. The van der Waals surface area contributed by atoms with Crippen LogP contribution in [0.15, 0.2) is 36.4 Å². The van der Waals surface area contributed by atoms with Gasteiger partial charge in [-0.25, -0.2) is 0 Å². The molecule has 5 aliphatic rings. The number of methoxy groups -OCH3 is 1. The molecule has 43 heavy (non-hydrogen) atoms. The smallest absolute Gasteiger partial charge is 0.313 e. The number of carbonyl (C=O) groups is 1. The van der Waals surface area contributed by atoms with Gasteiger partial charge in [0.2, 0.25) is 0 Å². The molecule has 0 unspecified atom stereocenters. The fourth-order valence-electron chi connectivity index (χ4n) is 8.79. The molecule has 4 aliphatic carbocycles. The van der Waals surface area contributed by atoms with Crippen molar-refractivity contribution in [3.05, 3.63) is 42.0 Å². The number of ether oxygens (including phenoxy) is 4. The molecule has 0 amide bonds. The Balaban J connectivity index is 1.14. The van der Waals surface area contributed by atoms with Crippen LogP contribution in [0, 0.1) is 29.1 Å². The van der Waals surface area contributed by atoms with Crippen LogP contribution in [0.5, 0.6) is 5.75 Å². The zero-order valence-electron chi connectivity index (χ0n) is 27.1. The topological polar surface area (TPSA) is 63.2 Å². The maximum atomic E-state index is 13.2. The van der Waals surface area contributed by atoms with Crippen LogP contribution in [0.2, 0.25) is 18.1 Å². The van der Waals surface area contributed by atoms with E-state index in [0.717, 1.165) is 55.4 Å². The lowest BCUT2D eigenvalue weighted by Crippen LogP contribution is -2.56. The molecule has 4 saturated carbocycles. The Labute approximate surface area is 267 Å². The first-order valence-corrected chi connectivity index (χ1v) is 20.1. The molecule has 1 heterocycles. The molecule has 0 N–H and O–H groups in total. The van der Waals surface area contributed by atoms with E-state index in [-0.39, 0.29) is 51.1 Å². The molecule has 6 nitrogen and oxygen atoms in total. The van der Waals surface area contributed by atoms with Crippen molar-refractivity contribution in [2.45, 2.75) is 120 Å². The van der Waals surface area contributed by atoms with Crippen molar-refractivity contribution in [1.82, 2.24) is 0 Å². The summed E-state index contributed by atoms with van der Waals surface area (Å²) < 4.78 is 31.7. The molecular weight excluding hydrogens is 624 g/mol. The first-order valence-electron chi connectivity index (χ1n) is 16.3. The highest BCUT2D eigenvalue weighted by atomic mass is 79.9. The van der Waals surface area contributed by atoms with E-state index in [4.69, 9.17) is 23.4 Å². The minimum absolute atomic E-state index is 0.104. The summed E-state index contributed by atoms with van der Waals surface area (Å²) in [5.41, 5.74) is 1.58. The Morgan fingerprint density at radius 3 is 2.47 bits per heavy atom. The number of hydrogen-bond acceptors (Lipinski definition) is 6. The van der Waals surface area contributed by atoms with Crippen LogP contribution in [-0.4, -0.2) is 56.7 Å². The third kappa shape index (κ3) is 5.39. The third-order valence-corrected chi connectivity index (χ3v) is 18.6. The van der Waals surface area contributed by atoms with Crippen LogP contribution < -0.4 is 4.74 Å². The van der Waals surface area contributed by atoms with E-state index in [1.54, 1.807) is 7.11 Å². The van der Waals surface area contributed by atoms with Gasteiger partial charge in [0.05, 0.1) is 44.1 Å². The number of hydrogen-bond donors (Lipinski definition) is 0. The second-order valence-corrected chi connectivity index (χ2v) is 21.5. The molecule has 6 rings (SSSR count). The molecule has 1 aromatic carbocycles. The largest absolute Gasteiger partial charge is 0.497 e. The molecular formula is C35H51BrO6Si. The number of rotatable bonds is 8. The van der Waals surface area contributed by atoms with Crippen LogP contribution in [0.1, 0.15) is 71.8 Å². The number of fused-ring (bicyclic) bond motifs is 2. The van der Waals surface area contributed by atoms with Crippen LogP contribution >= 0.6 is 15.9 Å². The number of halogens is 1. The van der Waals surface area contributed by atoms with Gasteiger partial charge in [0, 0.05) is 22.3 Å². The quantitative estimate of drug-likeness (QED) is 0.121. The highest BCUT2D eigenvalue weighted by molar-refractivity contribution is 9.09. The summed E-state index contributed by atoms with van der Waals surface area (Å²) in [7, 11) is -0.214. The number of esters is 1. The molecule has 0 radical (unpaired) electrons. The van der Waals surface area contributed by atoms with Crippen molar-refractivity contribution >= 4 is 30.2 Å². The Hall–Kier alpha value is -1.19. The Bertz CT molecular complexity index is 1220. The molecule has 0 aromatic heterocycles. The van der Waals surface area contributed by atoms with Gasteiger partial charge in [0.15, 0.2) is 8.32 Å². The van der Waals surface area contributed by atoms with Gasteiger partial charge in [0.25, 0.3) is 0 Å². The summed E-state index contributed by atoms with van der Waals surface area (Å²) in [6.45, 7) is 19.5. The third-order valence-electron chi connectivity index (χ3n) is 12.4. The molecule has 10 atom stereocenters. The van der Waals surface area contributed by atoms with E-state index in [1.165, 1.54) is 0 Å². The Morgan fingerprint density at radius 1 is 1.09 bits per heavy atom. The van der Waals surface area contributed by atoms with E-state index in [2.05, 4.69) is 75.4 Å². The zero-order valence-corrected chi connectivity index (χ0v) is 29.7. The average molecular weight is 676 g/mol. The highest BCUT2D eigenvalue weighted by Gasteiger charge is 2.65. The second-order valence-electron chi connectivity index (χ2n) is 15.8. The minimum Gasteiger partial charge on any atom is -0.497 e. The fraction of sp³-hybridized carbons (Fsp3) is 0.743. The van der Waals surface area contributed by atoms with Crippen LogP contribution in [0.3, 0.4) is 0 Å². The molecule has 1 saturated heterocycles. The Kier molecular flexibility index (Phi) is 8.31. The number of benzene rings is 1. The molecule has 1 aliphatic heterocycles. The van der Waals surface area contributed by atoms with Crippen molar-refractivity contribution in [3.8, 4) is 5.75 Å². The second kappa shape index (κ2) is 11.3. The summed E-state index contributed by atoms with van der Waals surface area (Å²) in [5.74, 6) is 1.57. The van der Waals surface area contributed by atoms with Gasteiger partial charge in [-0.2, -0.15) is 0 Å². The fourth-order valence-corrected chi connectivity index (χ4v) is 11.2. The van der Waals surface area contributed by atoms with E-state index < -0.39 is 8.32 Å². The number of cyclic esters (lactones) is 1. The van der Waals surface area contributed by atoms with Gasteiger partial charge < -0.3 is 23.4 Å². The predicted octanol–water partition coefficient (Wildman–Crippen LogP) is 7.84. The molecule has 1 spiro atoms. The first-order chi connectivity index (χ1) is 20.2. The molecule has 2 bridgehead atoms. The van der Waals surface area contributed by atoms with Crippen molar-refractivity contribution in [3.63, 3.8) is 0 Å². The van der Waals surface area contributed by atoms with E-state index >= 15 is 0 Å². The van der Waals surface area contributed by atoms with Gasteiger partial charge in [-0.05, 0) is 98.7 Å². The molecule has 1 aromatic rings. The maximum absolute atomic E-state index is 13.2. The predicted molar refractivity (Wildman–Crippen MR) is 174 cm³/mol. The van der Waals surface area contributed by atoms with Gasteiger partial charge >= 0.3 is 5.97 Å². The summed E-state index contributed by atoms with van der Waals surface area (Å²) in [6.07, 6.45) is 6.12. The number of carbonyl (C=O) groups excluding carboxylic acids is 1. The van der Waals surface area contributed by atoms with E-state index in [1.807, 2.05) is 12.1 Å². The normalized spacial score (nSPS) is 40.7. The van der Waals surface area contributed by atoms with Crippen LogP contribution in [0.4, 0.5) is 0 Å². The zero-order chi connectivity index (χ0) is 30.9.